The van der Waals surface area contributed by atoms with Gasteiger partial charge < -0.3 is 5.73 Å². The molecule has 0 atom stereocenters. The van der Waals surface area contributed by atoms with Crippen molar-refractivity contribution in [2.75, 3.05) is 10.5 Å². The lowest BCUT2D eigenvalue weighted by Crippen LogP contribution is -2.15. The fraction of sp³-hybridized carbons (Fsp3) is 0.0769. The van der Waals surface area contributed by atoms with Gasteiger partial charge in [-0.25, -0.2) is 8.42 Å². The molecule has 2 aromatic carbocycles. The van der Waals surface area contributed by atoms with Crippen molar-refractivity contribution in [3.05, 3.63) is 49.9 Å². The monoisotopic (exact) mass is 452 g/mol. The van der Waals surface area contributed by atoms with E-state index in [1.807, 2.05) is 0 Å². The molecule has 112 valence electrons. The standard InChI is InChI=1S/C13H11Br2ClN2O2S/c1-7-4-8(14)5-12(17)13(7)18-21(19,20)9-2-3-11(16)10(15)6-9/h2-6,18H,17H2,1H3. The van der Waals surface area contributed by atoms with Gasteiger partial charge in [0.05, 0.1) is 21.3 Å². The number of anilines is 2. The first-order valence-corrected chi connectivity index (χ1v) is 9.19. The van der Waals surface area contributed by atoms with Crippen molar-refractivity contribution >= 4 is 64.9 Å². The third kappa shape index (κ3) is 3.71. The summed E-state index contributed by atoms with van der Waals surface area (Å²) in [5.74, 6) is 0. The molecule has 0 unspecified atom stereocenters. The summed E-state index contributed by atoms with van der Waals surface area (Å²) in [5.41, 5.74) is 7.31. The summed E-state index contributed by atoms with van der Waals surface area (Å²) in [6, 6.07) is 7.81. The Bertz CT molecular complexity index is 787. The quantitative estimate of drug-likeness (QED) is 0.668. The molecular formula is C13H11Br2ClN2O2S. The normalized spacial score (nSPS) is 11.4. The minimum atomic E-state index is -3.74. The van der Waals surface area contributed by atoms with Crippen LogP contribution in [0.4, 0.5) is 11.4 Å². The number of nitrogen functional groups attached to an aromatic ring is 1. The molecule has 8 heteroatoms. The molecule has 0 bridgehead atoms. The highest BCUT2D eigenvalue weighted by atomic mass is 79.9. The van der Waals surface area contributed by atoms with E-state index >= 15 is 0 Å². The molecule has 0 radical (unpaired) electrons. The molecule has 0 saturated heterocycles. The SMILES string of the molecule is Cc1cc(Br)cc(N)c1NS(=O)(=O)c1ccc(Cl)c(Br)c1. The maximum atomic E-state index is 12.4. The summed E-state index contributed by atoms with van der Waals surface area (Å²) >= 11 is 12.4. The zero-order valence-electron chi connectivity index (χ0n) is 10.8. The molecule has 2 rings (SSSR count). The number of halogens is 3. The average molecular weight is 455 g/mol. The zero-order chi connectivity index (χ0) is 15.8. The predicted octanol–water partition coefficient (Wildman–Crippen LogP) is 4.56. The third-order valence-corrected chi connectivity index (χ3v) is 5.79. The zero-order valence-corrected chi connectivity index (χ0v) is 15.6. The van der Waals surface area contributed by atoms with Crippen LogP contribution in [0.3, 0.4) is 0 Å². The second-order valence-electron chi connectivity index (χ2n) is 4.37. The Labute approximate surface area is 145 Å². The highest BCUT2D eigenvalue weighted by Crippen LogP contribution is 2.31. The van der Waals surface area contributed by atoms with E-state index in [1.54, 1.807) is 19.1 Å². The van der Waals surface area contributed by atoms with E-state index in [0.29, 0.717) is 20.9 Å². The minimum absolute atomic E-state index is 0.0977. The molecular weight excluding hydrogens is 443 g/mol. The number of benzene rings is 2. The molecule has 0 spiro atoms. The van der Waals surface area contributed by atoms with E-state index in [4.69, 9.17) is 17.3 Å². The highest BCUT2D eigenvalue weighted by Gasteiger charge is 2.18. The predicted molar refractivity (Wildman–Crippen MR) is 93.3 cm³/mol. The van der Waals surface area contributed by atoms with Gasteiger partial charge in [0.2, 0.25) is 0 Å². The lowest BCUT2D eigenvalue weighted by molar-refractivity contribution is 0.601. The van der Waals surface area contributed by atoms with Crippen molar-refractivity contribution in [2.24, 2.45) is 0 Å². The van der Waals surface area contributed by atoms with Gasteiger partial charge in [0.25, 0.3) is 10.0 Å². The summed E-state index contributed by atoms with van der Waals surface area (Å²) < 4.78 is 28.6. The van der Waals surface area contributed by atoms with E-state index in [2.05, 4.69) is 36.6 Å². The number of rotatable bonds is 3. The summed E-state index contributed by atoms with van der Waals surface area (Å²) in [6.07, 6.45) is 0. The molecule has 0 aromatic heterocycles. The summed E-state index contributed by atoms with van der Waals surface area (Å²) in [4.78, 5) is 0.0977. The average Bonchev–Trinajstić information content (AvgIpc) is 2.37. The highest BCUT2D eigenvalue weighted by molar-refractivity contribution is 9.10. The molecule has 0 heterocycles. The van der Waals surface area contributed by atoms with Crippen LogP contribution in [-0.4, -0.2) is 8.42 Å². The van der Waals surface area contributed by atoms with Crippen LogP contribution < -0.4 is 10.5 Å². The van der Waals surface area contributed by atoms with Gasteiger partial charge in [-0.15, -0.1) is 0 Å². The fourth-order valence-corrected chi connectivity index (χ4v) is 4.17. The van der Waals surface area contributed by atoms with Gasteiger partial charge in [0.15, 0.2) is 0 Å². The van der Waals surface area contributed by atoms with Crippen molar-refractivity contribution in [1.29, 1.82) is 0 Å². The topological polar surface area (TPSA) is 72.2 Å². The van der Waals surface area contributed by atoms with Gasteiger partial charge in [-0.2, -0.15) is 0 Å². The molecule has 0 fully saturated rings. The lowest BCUT2D eigenvalue weighted by Gasteiger charge is -2.14. The van der Waals surface area contributed by atoms with E-state index in [9.17, 15) is 8.42 Å². The van der Waals surface area contributed by atoms with Crippen LogP contribution in [0.15, 0.2) is 44.2 Å². The first-order chi connectivity index (χ1) is 9.70. The van der Waals surface area contributed by atoms with Gasteiger partial charge in [0, 0.05) is 8.95 Å². The Kier molecular flexibility index (Phi) is 4.87. The molecule has 2 aromatic rings. The van der Waals surface area contributed by atoms with E-state index in [1.165, 1.54) is 18.2 Å². The summed E-state index contributed by atoms with van der Waals surface area (Å²) in [6.45, 7) is 1.77. The first-order valence-electron chi connectivity index (χ1n) is 5.74. The summed E-state index contributed by atoms with van der Waals surface area (Å²) in [7, 11) is -3.74. The molecule has 0 aliphatic carbocycles. The lowest BCUT2D eigenvalue weighted by atomic mass is 10.2. The smallest absolute Gasteiger partial charge is 0.262 e. The number of hydrogen-bond acceptors (Lipinski definition) is 3. The summed E-state index contributed by atoms with van der Waals surface area (Å²) in [5, 5.41) is 0.438. The van der Waals surface area contributed by atoms with Crippen molar-refractivity contribution < 1.29 is 8.42 Å². The molecule has 0 saturated carbocycles. The maximum Gasteiger partial charge on any atom is 0.262 e. The Morgan fingerprint density at radius 3 is 2.43 bits per heavy atom. The Morgan fingerprint density at radius 2 is 1.86 bits per heavy atom. The maximum absolute atomic E-state index is 12.4. The van der Waals surface area contributed by atoms with Gasteiger partial charge >= 0.3 is 0 Å². The number of nitrogens with two attached hydrogens (primary N) is 1. The van der Waals surface area contributed by atoms with Crippen molar-refractivity contribution in [3.8, 4) is 0 Å². The third-order valence-electron chi connectivity index (χ3n) is 2.77. The molecule has 0 aliphatic rings. The van der Waals surface area contributed by atoms with E-state index < -0.39 is 10.0 Å². The Morgan fingerprint density at radius 1 is 1.19 bits per heavy atom. The number of nitrogens with one attached hydrogen (secondary N) is 1. The molecule has 21 heavy (non-hydrogen) atoms. The van der Waals surface area contributed by atoms with Crippen LogP contribution in [0.5, 0.6) is 0 Å². The molecule has 0 aliphatic heterocycles. The number of aryl methyl sites for hydroxylation is 1. The first kappa shape index (κ1) is 16.6. The minimum Gasteiger partial charge on any atom is -0.397 e. The number of sulfonamides is 1. The Hall–Kier alpha value is -0.760. The van der Waals surface area contributed by atoms with E-state index in [-0.39, 0.29) is 4.90 Å². The van der Waals surface area contributed by atoms with Crippen LogP contribution in [-0.2, 0) is 10.0 Å². The number of hydrogen-bond donors (Lipinski definition) is 2. The van der Waals surface area contributed by atoms with Gasteiger partial charge in [-0.3, -0.25) is 4.72 Å². The van der Waals surface area contributed by atoms with E-state index in [0.717, 1.165) is 10.0 Å². The van der Waals surface area contributed by atoms with Crippen molar-refractivity contribution in [3.63, 3.8) is 0 Å². The molecule has 3 N–H and O–H groups in total. The second-order valence-corrected chi connectivity index (χ2v) is 8.23. The van der Waals surface area contributed by atoms with Crippen LogP contribution in [0, 0.1) is 6.92 Å². The van der Waals surface area contributed by atoms with Crippen LogP contribution in [0.1, 0.15) is 5.56 Å². The van der Waals surface area contributed by atoms with Crippen LogP contribution in [0.2, 0.25) is 5.02 Å². The fourth-order valence-electron chi connectivity index (χ4n) is 1.75. The van der Waals surface area contributed by atoms with Crippen molar-refractivity contribution in [1.82, 2.24) is 0 Å². The van der Waals surface area contributed by atoms with Crippen LogP contribution in [0.25, 0.3) is 0 Å². The molecule has 4 nitrogen and oxygen atoms in total. The molecule has 0 amide bonds. The Balaban J connectivity index is 2.44. The van der Waals surface area contributed by atoms with Gasteiger partial charge in [0.1, 0.15) is 0 Å². The van der Waals surface area contributed by atoms with Gasteiger partial charge in [-0.05, 0) is 58.7 Å². The van der Waals surface area contributed by atoms with Gasteiger partial charge in [-0.1, -0.05) is 27.5 Å². The largest absolute Gasteiger partial charge is 0.397 e. The van der Waals surface area contributed by atoms with Crippen LogP contribution >= 0.6 is 43.5 Å². The van der Waals surface area contributed by atoms with Crippen molar-refractivity contribution in [2.45, 2.75) is 11.8 Å². The second kappa shape index (κ2) is 6.16.